The van der Waals surface area contributed by atoms with E-state index in [-0.39, 0.29) is 0 Å². The van der Waals surface area contributed by atoms with Gasteiger partial charge < -0.3 is 13.6 Å². The first kappa shape index (κ1) is 26.7. The molecule has 0 atom stereocenters. The van der Waals surface area contributed by atoms with Crippen LogP contribution >= 0.6 is 0 Å². The summed E-state index contributed by atoms with van der Waals surface area (Å²) in [7, 11) is 0. The van der Waals surface area contributed by atoms with Gasteiger partial charge in [-0.1, -0.05) is 96.9 Å². The molecule has 0 saturated heterocycles. The largest absolute Gasteiger partial charge is 0.459 e. The van der Waals surface area contributed by atoms with Gasteiger partial charge in [0, 0.05) is 43.9 Å². The van der Waals surface area contributed by atoms with Gasteiger partial charge in [-0.05, 0) is 60.7 Å². The van der Waals surface area contributed by atoms with E-state index < -0.39 is 0 Å². The van der Waals surface area contributed by atoms with Crippen molar-refractivity contribution in [3.63, 3.8) is 0 Å². The second kappa shape index (κ2) is 10.3. The van der Waals surface area contributed by atoms with Gasteiger partial charge in [0.05, 0.1) is 34.2 Å². The molecule has 48 heavy (non-hydrogen) atoms. The maximum atomic E-state index is 10.7. The van der Waals surface area contributed by atoms with Crippen molar-refractivity contribution in [1.82, 2.24) is 9.13 Å². The number of hydrogen-bond donors (Lipinski definition) is 0. The zero-order valence-electron chi connectivity index (χ0n) is 26.0. The maximum Gasteiger partial charge on any atom is 0.134 e. The highest BCUT2D eigenvalue weighted by atomic mass is 16.3. The molecule has 0 radical (unpaired) electrons. The van der Waals surface area contributed by atoms with Crippen LogP contribution in [0.4, 0.5) is 0 Å². The van der Waals surface area contributed by atoms with E-state index in [0.29, 0.717) is 12.0 Å². The Kier molecular flexibility index (Phi) is 5.71. The lowest BCUT2D eigenvalue weighted by atomic mass is 9.91. The first-order chi connectivity index (χ1) is 23.8. The minimum atomic E-state index is 0.521. The molecule has 5 aromatic carbocycles. The maximum absolute atomic E-state index is 10.7. The summed E-state index contributed by atoms with van der Waals surface area (Å²) in [4.78, 5) is 0. The van der Waals surface area contributed by atoms with E-state index in [1.807, 2.05) is 24.3 Å². The van der Waals surface area contributed by atoms with Crippen LogP contribution in [0.25, 0.3) is 71.8 Å². The van der Waals surface area contributed by atoms with Crippen molar-refractivity contribution in [3.8, 4) is 34.7 Å². The van der Waals surface area contributed by atoms with E-state index >= 15 is 0 Å². The molecule has 4 nitrogen and oxygen atoms in total. The summed E-state index contributed by atoms with van der Waals surface area (Å²) in [5, 5.41) is 15.3. The monoisotopic (exact) mass is 613 g/mol. The van der Waals surface area contributed by atoms with Crippen LogP contribution in [0.5, 0.6) is 0 Å². The van der Waals surface area contributed by atoms with Gasteiger partial charge in [-0.15, -0.1) is 0 Å². The van der Waals surface area contributed by atoms with E-state index in [1.54, 1.807) is 0 Å². The molecule has 2 aliphatic rings. The van der Waals surface area contributed by atoms with Crippen LogP contribution in [0.1, 0.15) is 35.4 Å². The Hall–Kier alpha value is -6.49. The third kappa shape index (κ3) is 3.66. The first-order valence-corrected chi connectivity index (χ1v) is 16.4. The second-order valence-electron chi connectivity index (χ2n) is 12.4. The van der Waals surface area contributed by atoms with Gasteiger partial charge >= 0.3 is 0 Å². The fourth-order valence-corrected chi connectivity index (χ4v) is 7.98. The Labute approximate surface area is 277 Å². The third-order valence-electron chi connectivity index (χ3n) is 9.92. The van der Waals surface area contributed by atoms with Gasteiger partial charge in [0.1, 0.15) is 23.1 Å². The summed E-state index contributed by atoms with van der Waals surface area (Å²) < 4.78 is 11.0. The van der Waals surface area contributed by atoms with Crippen LogP contribution < -0.4 is 0 Å². The Morgan fingerprint density at radius 1 is 0.667 bits per heavy atom. The lowest BCUT2D eigenvalue weighted by Crippen LogP contribution is -2.08. The first-order valence-electron chi connectivity index (χ1n) is 16.4. The van der Waals surface area contributed by atoms with Gasteiger partial charge in [-0.25, -0.2) is 0 Å². The van der Waals surface area contributed by atoms with Crippen molar-refractivity contribution < 1.29 is 4.42 Å². The zero-order valence-corrected chi connectivity index (χ0v) is 26.0. The lowest BCUT2D eigenvalue weighted by Gasteiger charge is -2.23. The van der Waals surface area contributed by atoms with Gasteiger partial charge in [0.2, 0.25) is 0 Å². The Bertz CT molecular complexity index is 2780. The molecule has 4 heteroatoms. The van der Waals surface area contributed by atoms with Crippen molar-refractivity contribution >= 4 is 54.9 Å². The average Bonchev–Trinajstić information content (AvgIpc) is 3.74. The highest BCUT2D eigenvalue weighted by molar-refractivity contribution is 6.13. The van der Waals surface area contributed by atoms with Gasteiger partial charge in [0.25, 0.3) is 0 Å². The average molecular weight is 614 g/mol. The van der Waals surface area contributed by atoms with Crippen molar-refractivity contribution in [2.75, 3.05) is 0 Å². The number of hydrogen-bond acceptors (Lipinski definition) is 2. The molecule has 0 unspecified atom stereocenters. The van der Waals surface area contributed by atoms with Crippen molar-refractivity contribution in [2.24, 2.45) is 0 Å². The summed E-state index contributed by atoms with van der Waals surface area (Å²) in [6.07, 6.45) is 6.81. The normalized spacial score (nSPS) is 13.8. The second-order valence-corrected chi connectivity index (χ2v) is 12.4. The Morgan fingerprint density at radius 3 is 2.08 bits per heavy atom. The molecule has 0 aliphatic heterocycles. The Morgan fingerprint density at radius 2 is 1.33 bits per heavy atom. The molecule has 3 aromatic heterocycles. The predicted octanol–water partition coefficient (Wildman–Crippen LogP) is 10.6. The summed E-state index contributed by atoms with van der Waals surface area (Å²) in [5.41, 5.74) is 12.1. The summed E-state index contributed by atoms with van der Waals surface area (Å²) >= 11 is 0. The van der Waals surface area contributed by atoms with Crippen LogP contribution in [-0.2, 0) is 6.42 Å². The number of nitrogens with zero attached hydrogens (tertiary/aromatic N) is 3. The van der Waals surface area contributed by atoms with Crippen molar-refractivity contribution in [3.05, 3.63) is 150 Å². The van der Waals surface area contributed by atoms with E-state index in [9.17, 15) is 5.26 Å². The van der Waals surface area contributed by atoms with Gasteiger partial charge in [-0.3, -0.25) is 0 Å². The summed E-state index contributed by atoms with van der Waals surface area (Å²) in [6, 6.07) is 42.7. The molecule has 10 rings (SSSR count). The zero-order chi connectivity index (χ0) is 31.8. The van der Waals surface area contributed by atoms with Crippen LogP contribution in [0.3, 0.4) is 0 Å². The number of benzene rings is 5. The van der Waals surface area contributed by atoms with Crippen molar-refractivity contribution in [1.29, 1.82) is 5.26 Å². The van der Waals surface area contributed by atoms with E-state index in [2.05, 4.69) is 130 Å². The minimum absolute atomic E-state index is 0.521. The fraction of sp³-hybridized carbons (Fsp3) is 0.0682. The quantitative estimate of drug-likeness (QED) is 0.186. The molecule has 0 bridgehead atoms. The number of para-hydroxylation sites is 5. The standard InChI is InChI=1S/C44H27N3O/c45-27-28-13-11-19-32(31-16-3-8-22-37(31)46-35-20-6-1-14-29(35)30-15-2-7-21-36(30)46)44(28)47-38-23-9-4-17-33(38)42-39(47)24-12-26-41-43(42)34-18-5-10-25-40(34)48-41/h1-2,4-11,13-15,17-23,25H,3,16,26H2. The molecule has 3 heterocycles. The predicted molar refractivity (Wildman–Crippen MR) is 195 cm³/mol. The van der Waals surface area contributed by atoms with Crippen LogP contribution in [0.2, 0.25) is 0 Å². The SMILES string of the molecule is N#Cc1cccc(C2=C(n3c4ccccc4c4ccccc43)C=CCC2)c1-n1c2c(c3ccccc31)-c1c(oc3ccccc13)CC#C2. The highest BCUT2D eigenvalue weighted by Gasteiger charge is 2.29. The number of rotatable bonds is 3. The van der Waals surface area contributed by atoms with Crippen LogP contribution in [0, 0.1) is 23.2 Å². The number of nitriles is 1. The van der Waals surface area contributed by atoms with Crippen LogP contribution in [0.15, 0.2) is 132 Å². The molecule has 2 aliphatic carbocycles. The van der Waals surface area contributed by atoms with E-state index in [0.717, 1.165) is 74.2 Å². The number of aromatic nitrogens is 2. The highest BCUT2D eigenvalue weighted by Crippen LogP contribution is 2.46. The van der Waals surface area contributed by atoms with Crippen LogP contribution in [-0.4, -0.2) is 9.13 Å². The molecule has 8 aromatic rings. The molecule has 0 amide bonds. The molecular weight excluding hydrogens is 587 g/mol. The molecule has 0 N–H and O–H groups in total. The lowest BCUT2D eigenvalue weighted by molar-refractivity contribution is 0.569. The Balaban J connectivity index is 1.33. The topological polar surface area (TPSA) is 46.8 Å². The molecular formula is C44H27N3O. The smallest absolute Gasteiger partial charge is 0.134 e. The number of allylic oxidation sites excluding steroid dienone is 4. The van der Waals surface area contributed by atoms with E-state index in [4.69, 9.17) is 4.42 Å². The third-order valence-corrected chi connectivity index (χ3v) is 9.92. The van der Waals surface area contributed by atoms with Gasteiger partial charge in [0.15, 0.2) is 0 Å². The van der Waals surface area contributed by atoms with Crippen molar-refractivity contribution in [2.45, 2.75) is 19.3 Å². The van der Waals surface area contributed by atoms with E-state index in [1.165, 1.54) is 27.4 Å². The number of furan rings is 1. The fourth-order valence-electron chi connectivity index (χ4n) is 7.98. The minimum Gasteiger partial charge on any atom is -0.459 e. The summed E-state index contributed by atoms with van der Waals surface area (Å²) in [5.74, 6) is 7.86. The van der Waals surface area contributed by atoms with Gasteiger partial charge in [-0.2, -0.15) is 5.26 Å². The molecule has 0 saturated carbocycles. The molecule has 0 fully saturated rings. The molecule has 0 spiro atoms. The summed E-state index contributed by atoms with van der Waals surface area (Å²) in [6.45, 7) is 0. The number of fused-ring (bicyclic) bond motifs is 10. The molecule has 224 valence electrons.